The first-order valence-corrected chi connectivity index (χ1v) is 10.5. The zero-order valence-corrected chi connectivity index (χ0v) is 20.2. The Hall–Kier alpha value is -2.15. The molecular weight excluding hydrogens is 485 g/mol. The van der Waals surface area contributed by atoms with Gasteiger partial charge in [-0.3, -0.25) is 4.79 Å². The van der Waals surface area contributed by atoms with Crippen LogP contribution in [0.15, 0.2) is 48.8 Å². The molecule has 1 amide bonds. The molecule has 3 heterocycles. The van der Waals surface area contributed by atoms with Crippen molar-refractivity contribution in [2.45, 2.75) is 33.2 Å². The number of hydrogen-bond donors (Lipinski definition) is 0. The number of likely N-dealkylation sites (tertiary alicyclic amines) is 1. The van der Waals surface area contributed by atoms with Gasteiger partial charge < -0.3 is 33.4 Å². The molecule has 1 saturated heterocycles. The number of nitrogens with zero attached hydrogens (tertiary/aromatic N) is 3. The van der Waals surface area contributed by atoms with Crippen molar-refractivity contribution in [1.29, 1.82) is 0 Å². The van der Waals surface area contributed by atoms with Crippen LogP contribution in [0.25, 0.3) is 23.1 Å². The van der Waals surface area contributed by atoms with Crippen LogP contribution in [0.5, 0.6) is 0 Å². The molecule has 0 saturated carbocycles. The van der Waals surface area contributed by atoms with Crippen molar-refractivity contribution in [2.24, 2.45) is 13.0 Å². The Morgan fingerprint density at radius 1 is 1.10 bits per heavy atom. The van der Waals surface area contributed by atoms with Gasteiger partial charge in [0.1, 0.15) is 13.6 Å². The molecule has 0 N–H and O–H groups in total. The topological polar surface area (TPSA) is 29.1 Å². The maximum absolute atomic E-state index is 13.0. The quantitative estimate of drug-likeness (QED) is 0.380. The number of halogens is 1. The fourth-order valence-electron chi connectivity index (χ4n) is 4.17. The lowest BCUT2D eigenvalue weighted by Gasteiger charge is -2.30. The molecule has 2 aromatic heterocycles. The average molecular weight is 515 g/mol. The second kappa shape index (κ2) is 9.77. The molecule has 0 bridgehead atoms. The van der Waals surface area contributed by atoms with E-state index in [1.807, 2.05) is 28.9 Å². The highest BCUT2D eigenvalue weighted by Gasteiger charge is 2.22. The van der Waals surface area contributed by atoms with Gasteiger partial charge in [0.05, 0.1) is 0 Å². The van der Waals surface area contributed by atoms with Gasteiger partial charge in [-0.1, -0.05) is 37.3 Å². The SMILES string of the molecule is Cc1c(/C=C/c2cc[n+](C)cc2)c2ccccc2n1CC(=O)N1CCC(C)CC1.[I-]. The molecule has 1 aromatic carbocycles. The lowest BCUT2D eigenvalue weighted by molar-refractivity contribution is -0.671. The number of aromatic nitrogens is 2. The Balaban J connectivity index is 0.00000256. The minimum Gasteiger partial charge on any atom is -1.00 e. The summed E-state index contributed by atoms with van der Waals surface area (Å²) in [5.41, 5.74) is 4.62. The fraction of sp³-hybridized carbons (Fsp3) is 0.360. The molecule has 4 rings (SSSR count). The summed E-state index contributed by atoms with van der Waals surface area (Å²) in [6.07, 6.45) is 10.6. The molecule has 3 aromatic rings. The number of rotatable bonds is 4. The monoisotopic (exact) mass is 515 g/mol. The van der Waals surface area contributed by atoms with E-state index in [9.17, 15) is 4.79 Å². The Labute approximate surface area is 196 Å². The third kappa shape index (κ3) is 4.77. The summed E-state index contributed by atoms with van der Waals surface area (Å²) < 4.78 is 4.21. The van der Waals surface area contributed by atoms with E-state index in [0.717, 1.165) is 48.6 Å². The van der Waals surface area contributed by atoms with E-state index in [0.29, 0.717) is 6.54 Å². The van der Waals surface area contributed by atoms with Crippen LogP contribution in [-0.2, 0) is 18.4 Å². The maximum atomic E-state index is 13.0. The van der Waals surface area contributed by atoms with E-state index in [1.54, 1.807) is 0 Å². The number of carbonyl (C=O) groups excluding carboxylic acids is 1. The van der Waals surface area contributed by atoms with Crippen molar-refractivity contribution in [3.8, 4) is 0 Å². The number of amides is 1. The summed E-state index contributed by atoms with van der Waals surface area (Å²) >= 11 is 0. The minimum absolute atomic E-state index is 0. The normalized spacial score (nSPS) is 15.0. The van der Waals surface area contributed by atoms with Gasteiger partial charge in [0.25, 0.3) is 0 Å². The third-order valence-corrected chi connectivity index (χ3v) is 6.16. The van der Waals surface area contributed by atoms with Crippen LogP contribution in [0.3, 0.4) is 0 Å². The van der Waals surface area contributed by atoms with E-state index in [-0.39, 0.29) is 29.9 Å². The first kappa shape index (κ1) is 22.5. The first-order valence-electron chi connectivity index (χ1n) is 10.5. The lowest BCUT2D eigenvalue weighted by atomic mass is 9.99. The molecule has 0 unspecified atom stereocenters. The molecule has 30 heavy (non-hydrogen) atoms. The van der Waals surface area contributed by atoms with Crippen molar-refractivity contribution in [2.75, 3.05) is 13.1 Å². The van der Waals surface area contributed by atoms with Crippen LogP contribution in [0, 0.1) is 12.8 Å². The number of para-hydroxylation sites is 1. The van der Waals surface area contributed by atoms with Crippen molar-refractivity contribution in [1.82, 2.24) is 9.47 Å². The van der Waals surface area contributed by atoms with Crippen LogP contribution < -0.4 is 28.5 Å². The highest BCUT2D eigenvalue weighted by atomic mass is 127. The number of benzene rings is 1. The number of fused-ring (bicyclic) bond motifs is 1. The van der Waals surface area contributed by atoms with E-state index >= 15 is 0 Å². The van der Waals surface area contributed by atoms with Gasteiger partial charge in [0.15, 0.2) is 12.4 Å². The molecule has 0 radical (unpaired) electrons. The van der Waals surface area contributed by atoms with E-state index in [4.69, 9.17) is 0 Å². The molecule has 5 heteroatoms. The third-order valence-electron chi connectivity index (χ3n) is 6.16. The Kier molecular flexibility index (Phi) is 7.34. The van der Waals surface area contributed by atoms with Crippen LogP contribution in [0.1, 0.15) is 36.6 Å². The van der Waals surface area contributed by atoms with Gasteiger partial charge >= 0.3 is 0 Å². The van der Waals surface area contributed by atoms with Crippen LogP contribution in [0.4, 0.5) is 0 Å². The van der Waals surface area contributed by atoms with Gasteiger partial charge in [0, 0.05) is 47.4 Å². The summed E-state index contributed by atoms with van der Waals surface area (Å²) in [6.45, 7) is 6.58. The number of piperidine rings is 1. The highest BCUT2D eigenvalue weighted by molar-refractivity contribution is 5.94. The molecule has 1 aliphatic heterocycles. The zero-order valence-electron chi connectivity index (χ0n) is 18.0. The van der Waals surface area contributed by atoms with Crippen LogP contribution in [-0.4, -0.2) is 28.5 Å². The summed E-state index contributed by atoms with van der Waals surface area (Å²) in [5.74, 6) is 0.956. The number of hydrogen-bond acceptors (Lipinski definition) is 1. The minimum atomic E-state index is 0. The van der Waals surface area contributed by atoms with Crippen molar-refractivity contribution in [3.05, 3.63) is 65.6 Å². The zero-order chi connectivity index (χ0) is 20.4. The largest absolute Gasteiger partial charge is 1.00 e. The molecule has 0 aliphatic carbocycles. The molecule has 1 fully saturated rings. The van der Waals surface area contributed by atoms with Gasteiger partial charge in [0.2, 0.25) is 5.91 Å². The summed E-state index contributed by atoms with van der Waals surface area (Å²) in [4.78, 5) is 15.0. The van der Waals surface area contributed by atoms with Gasteiger partial charge in [-0.15, -0.1) is 0 Å². The summed E-state index contributed by atoms with van der Waals surface area (Å²) in [6, 6.07) is 12.6. The smallest absolute Gasteiger partial charge is 0.242 e. The second-order valence-electron chi connectivity index (χ2n) is 8.30. The van der Waals surface area contributed by atoms with Gasteiger partial charge in [-0.05, 0) is 37.3 Å². The Bertz CT molecular complexity index is 1040. The molecule has 158 valence electrons. The predicted octanol–water partition coefficient (Wildman–Crippen LogP) is 1.21. The number of aryl methyl sites for hydroxylation is 1. The van der Waals surface area contributed by atoms with Crippen molar-refractivity contribution >= 4 is 29.0 Å². The van der Waals surface area contributed by atoms with E-state index in [2.05, 4.69) is 67.0 Å². The standard InChI is InChI=1S/C25H30N3O.HI/c1-19-10-16-27(17-11-19)25(29)18-28-20(2)22(23-6-4-5-7-24(23)28)9-8-21-12-14-26(3)15-13-21;/h4-9,12-15,19H,10-11,16-18H2,1-3H3;1H/q+1;/p-1. The average Bonchev–Trinajstić information content (AvgIpc) is 2.99. The van der Waals surface area contributed by atoms with Crippen molar-refractivity contribution in [3.63, 3.8) is 0 Å². The van der Waals surface area contributed by atoms with Gasteiger partial charge in [-0.25, -0.2) is 4.57 Å². The lowest BCUT2D eigenvalue weighted by Crippen LogP contribution is -3.00. The maximum Gasteiger partial charge on any atom is 0.242 e. The van der Waals surface area contributed by atoms with Crippen molar-refractivity contribution < 1.29 is 33.3 Å². The second-order valence-corrected chi connectivity index (χ2v) is 8.30. The Morgan fingerprint density at radius 2 is 1.77 bits per heavy atom. The number of carbonyl (C=O) groups is 1. The summed E-state index contributed by atoms with van der Waals surface area (Å²) in [5, 5.41) is 1.20. The fourth-order valence-corrected chi connectivity index (χ4v) is 4.17. The molecular formula is C25H30IN3O. The van der Waals surface area contributed by atoms with Crippen LogP contribution >= 0.6 is 0 Å². The highest BCUT2D eigenvalue weighted by Crippen LogP contribution is 2.28. The van der Waals surface area contributed by atoms with Crippen LogP contribution in [0.2, 0.25) is 0 Å². The number of pyridine rings is 1. The molecule has 1 aliphatic rings. The van der Waals surface area contributed by atoms with E-state index < -0.39 is 0 Å². The molecule has 4 nitrogen and oxygen atoms in total. The summed E-state index contributed by atoms with van der Waals surface area (Å²) in [7, 11) is 2.02. The van der Waals surface area contributed by atoms with Gasteiger partial charge in [-0.2, -0.15) is 0 Å². The predicted molar refractivity (Wildman–Crippen MR) is 118 cm³/mol. The molecule has 0 atom stereocenters. The Morgan fingerprint density at radius 3 is 2.47 bits per heavy atom. The first-order chi connectivity index (χ1) is 14.0. The molecule has 0 spiro atoms. The van der Waals surface area contributed by atoms with E-state index in [1.165, 1.54) is 10.9 Å².